The fraction of sp³-hybridized carbons (Fsp3) is 0.167. The summed E-state index contributed by atoms with van der Waals surface area (Å²) in [5, 5.41) is 4.79. The number of nitrogens with one attached hydrogen (secondary N) is 1. The number of pyridine rings is 1. The molecule has 1 atom stereocenters. The van der Waals surface area contributed by atoms with Crippen molar-refractivity contribution in [3.63, 3.8) is 0 Å². The third-order valence-electron chi connectivity index (χ3n) is 3.61. The number of rotatable bonds is 4. The summed E-state index contributed by atoms with van der Waals surface area (Å²) in [5.74, 6) is 0. The van der Waals surface area contributed by atoms with Gasteiger partial charge in [-0.15, -0.1) is 0 Å². The van der Waals surface area contributed by atoms with Crippen LogP contribution in [0.3, 0.4) is 0 Å². The summed E-state index contributed by atoms with van der Waals surface area (Å²) in [5.41, 5.74) is 3.54. The smallest absolute Gasteiger partial charge is 0.0705 e. The van der Waals surface area contributed by atoms with E-state index in [0.717, 1.165) is 16.5 Å². The monoisotopic (exact) mass is 340 g/mol. The van der Waals surface area contributed by atoms with Gasteiger partial charge in [0.2, 0.25) is 0 Å². The zero-order chi connectivity index (χ0) is 14.7. The number of fused-ring (bicyclic) bond motifs is 1. The Kier molecular flexibility index (Phi) is 4.32. The van der Waals surface area contributed by atoms with E-state index in [1.807, 2.05) is 18.3 Å². The molecule has 0 spiro atoms. The molecule has 1 N–H and O–H groups in total. The van der Waals surface area contributed by atoms with Gasteiger partial charge in [0.1, 0.15) is 0 Å². The second-order valence-electron chi connectivity index (χ2n) is 4.93. The van der Waals surface area contributed by atoms with Crippen LogP contribution in [0.25, 0.3) is 10.9 Å². The van der Waals surface area contributed by atoms with Crippen LogP contribution in [-0.2, 0) is 0 Å². The van der Waals surface area contributed by atoms with Crippen LogP contribution in [0.15, 0.2) is 65.3 Å². The van der Waals surface area contributed by atoms with Gasteiger partial charge in [-0.05, 0) is 35.9 Å². The predicted molar refractivity (Wildman–Crippen MR) is 91.4 cm³/mol. The Labute approximate surface area is 133 Å². The lowest BCUT2D eigenvalue weighted by atomic mass is 9.95. The minimum Gasteiger partial charge on any atom is -0.306 e. The van der Waals surface area contributed by atoms with E-state index < -0.39 is 0 Å². The van der Waals surface area contributed by atoms with Crippen LogP contribution < -0.4 is 5.32 Å². The van der Waals surface area contributed by atoms with Gasteiger partial charge in [-0.1, -0.05) is 59.3 Å². The molecule has 2 nitrogen and oxygen atoms in total. The molecule has 0 amide bonds. The second kappa shape index (κ2) is 6.37. The quantitative estimate of drug-likeness (QED) is 0.744. The normalized spacial score (nSPS) is 12.5. The van der Waals surface area contributed by atoms with E-state index in [2.05, 4.69) is 75.6 Å². The molecule has 0 aliphatic heterocycles. The van der Waals surface area contributed by atoms with Crippen LogP contribution >= 0.6 is 15.9 Å². The summed E-state index contributed by atoms with van der Waals surface area (Å²) in [6.07, 6.45) is 1.84. The lowest BCUT2D eigenvalue weighted by Crippen LogP contribution is -2.22. The molecule has 0 radical (unpaired) electrons. The summed E-state index contributed by atoms with van der Waals surface area (Å²) < 4.78 is 1.12. The maximum absolute atomic E-state index is 4.46. The Morgan fingerprint density at radius 3 is 2.62 bits per heavy atom. The summed E-state index contributed by atoms with van der Waals surface area (Å²) in [7, 11) is 0. The topological polar surface area (TPSA) is 24.9 Å². The van der Waals surface area contributed by atoms with Gasteiger partial charge < -0.3 is 5.32 Å². The molecule has 3 aromatic rings. The van der Waals surface area contributed by atoms with E-state index in [1.54, 1.807) is 0 Å². The van der Waals surface area contributed by atoms with Crippen LogP contribution in [0.5, 0.6) is 0 Å². The average molecular weight is 341 g/mol. The SMILES string of the molecule is CCNC(c1ccccc1Br)c1cccc2ncccc12. The average Bonchev–Trinajstić information content (AvgIpc) is 2.53. The van der Waals surface area contributed by atoms with E-state index in [1.165, 1.54) is 16.5 Å². The number of hydrogen-bond acceptors (Lipinski definition) is 2. The molecule has 0 bridgehead atoms. The lowest BCUT2D eigenvalue weighted by Gasteiger charge is -2.21. The molecule has 1 aromatic heterocycles. The molecule has 1 heterocycles. The van der Waals surface area contributed by atoms with Crippen LogP contribution in [0, 0.1) is 0 Å². The third kappa shape index (κ3) is 2.85. The summed E-state index contributed by atoms with van der Waals surface area (Å²) in [6, 6.07) is 19.0. The highest BCUT2D eigenvalue weighted by Crippen LogP contribution is 2.32. The number of hydrogen-bond donors (Lipinski definition) is 1. The number of nitrogens with zero attached hydrogens (tertiary/aromatic N) is 1. The number of aromatic nitrogens is 1. The molecule has 0 saturated heterocycles. The first-order valence-corrected chi connectivity index (χ1v) is 7.92. The maximum Gasteiger partial charge on any atom is 0.0705 e. The molecular weight excluding hydrogens is 324 g/mol. The predicted octanol–water partition coefficient (Wildman–Crippen LogP) is 4.70. The molecule has 3 heteroatoms. The van der Waals surface area contributed by atoms with Crippen molar-refractivity contribution in [1.82, 2.24) is 10.3 Å². The van der Waals surface area contributed by atoms with E-state index >= 15 is 0 Å². The van der Waals surface area contributed by atoms with Gasteiger partial charge in [0.05, 0.1) is 11.6 Å². The Morgan fingerprint density at radius 1 is 1.00 bits per heavy atom. The van der Waals surface area contributed by atoms with Gasteiger partial charge in [0.25, 0.3) is 0 Å². The summed E-state index contributed by atoms with van der Waals surface area (Å²) >= 11 is 3.67. The van der Waals surface area contributed by atoms with Gasteiger partial charge >= 0.3 is 0 Å². The number of halogens is 1. The first-order chi connectivity index (χ1) is 10.3. The van der Waals surface area contributed by atoms with Gasteiger partial charge in [-0.3, -0.25) is 4.98 Å². The Hall–Kier alpha value is -1.71. The maximum atomic E-state index is 4.46. The molecule has 1 unspecified atom stereocenters. The van der Waals surface area contributed by atoms with Crippen molar-refractivity contribution in [2.75, 3.05) is 6.54 Å². The van der Waals surface area contributed by atoms with E-state index in [-0.39, 0.29) is 6.04 Å². The molecular formula is C18H17BrN2. The van der Waals surface area contributed by atoms with Gasteiger partial charge in [-0.25, -0.2) is 0 Å². The zero-order valence-electron chi connectivity index (χ0n) is 11.9. The largest absolute Gasteiger partial charge is 0.306 e. The Balaban J connectivity index is 2.19. The van der Waals surface area contributed by atoms with Crippen molar-refractivity contribution in [2.45, 2.75) is 13.0 Å². The first-order valence-electron chi connectivity index (χ1n) is 7.12. The molecule has 2 aromatic carbocycles. The minimum absolute atomic E-state index is 0.151. The van der Waals surface area contributed by atoms with Crippen LogP contribution in [-0.4, -0.2) is 11.5 Å². The Bertz CT molecular complexity index is 750. The van der Waals surface area contributed by atoms with E-state index in [4.69, 9.17) is 0 Å². The van der Waals surface area contributed by atoms with E-state index in [9.17, 15) is 0 Å². The van der Waals surface area contributed by atoms with Gasteiger partial charge in [0.15, 0.2) is 0 Å². The first kappa shape index (κ1) is 14.2. The fourth-order valence-electron chi connectivity index (χ4n) is 2.68. The highest BCUT2D eigenvalue weighted by Gasteiger charge is 2.17. The van der Waals surface area contributed by atoms with Gasteiger partial charge in [-0.2, -0.15) is 0 Å². The molecule has 0 saturated carbocycles. The lowest BCUT2D eigenvalue weighted by molar-refractivity contribution is 0.632. The highest BCUT2D eigenvalue weighted by atomic mass is 79.9. The fourth-order valence-corrected chi connectivity index (χ4v) is 3.19. The second-order valence-corrected chi connectivity index (χ2v) is 5.78. The van der Waals surface area contributed by atoms with Crippen molar-refractivity contribution < 1.29 is 0 Å². The molecule has 0 aliphatic rings. The van der Waals surface area contributed by atoms with E-state index in [0.29, 0.717) is 0 Å². The van der Waals surface area contributed by atoms with Crippen LogP contribution in [0.2, 0.25) is 0 Å². The molecule has 0 fully saturated rings. The number of benzene rings is 2. The van der Waals surface area contributed by atoms with Crippen molar-refractivity contribution in [1.29, 1.82) is 0 Å². The Morgan fingerprint density at radius 2 is 1.81 bits per heavy atom. The molecule has 21 heavy (non-hydrogen) atoms. The standard InChI is InChI=1S/C18H17BrN2/c1-2-20-18(15-7-3-4-10-16(15)19)14-8-5-11-17-13(14)9-6-12-21-17/h3-12,18,20H,2H2,1H3. The van der Waals surface area contributed by atoms with Gasteiger partial charge in [0, 0.05) is 16.1 Å². The van der Waals surface area contributed by atoms with Crippen molar-refractivity contribution in [3.8, 4) is 0 Å². The van der Waals surface area contributed by atoms with Crippen LogP contribution in [0.1, 0.15) is 24.1 Å². The molecule has 3 rings (SSSR count). The zero-order valence-corrected chi connectivity index (χ0v) is 13.5. The third-order valence-corrected chi connectivity index (χ3v) is 4.34. The van der Waals surface area contributed by atoms with Crippen molar-refractivity contribution in [2.24, 2.45) is 0 Å². The highest BCUT2D eigenvalue weighted by molar-refractivity contribution is 9.10. The molecule has 0 aliphatic carbocycles. The summed E-state index contributed by atoms with van der Waals surface area (Å²) in [4.78, 5) is 4.46. The van der Waals surface area contributed by atoms with Crippen molar-refractivity contribution in [3.05, 3.63) is 76.4 Å². The summed E-state index contributed by atoms with van der Waals surface area (Å²) in [6.45, 7) is 3.04. The van der Waals surface area contributed by atoms with Crippen molar-refractivity contribution >= 4 is 26.8 Å². The minimum atomic E-state index is 0.151. The molecule has 106 valence electrons. The van der Waals surface area contributed by atoms with Crippen LogP contribution in [0.4, 0.5) is 0 Å².